The molecule has 0 spiro atoms. The van der Waals surface area contributed by atoms with Crippen LogP contribution in [-0.4, -0.2) is 19.2 Å². The van der Waals surface area contributed by atoms with Crippen molar-refractivity contribution >= 4 is 23.1 Å². The molecule has 0 amide bonds. The van der Waals surface area contributed by atoms with E-state index in [1.54, 1.807) is 26.4 Å². The summed E-state index contributed by atoms with van der Waals surface area (Å²) in [7, 11) is 3.23. The van der Waals surface area contributed by atoms with E-state index in [1.807, 2.05) is 18.2 Å². The number of methoxy groups -OCH3 is 2. The van der Waals surface area contributed by atoms with Gasteiger partial charge in [0, 0.05) is 18.2 Å². The number of rotatable bonds is 5. The summed E-state index contributed by atoms with van der Waals surface area (Å²) >= 11 is 5.85. The molecule has 0 aliphatic heterocycles. The van der Waals surface area contributed by atoms with Crippen LogP contribution in [0.5, 0.6) is 11.5 Å². The van der Waals surface area contributed by atoms with E-state index in [0.717, 1.165) is 17.1 Å². The Morgan fingerprint density at radius 2 is 2.00 bits per heavy atom. The topological polar surface area (TPSA) is 69.4 Å². The van der Waals surface area contributed by atoms with Crippen LogP contribution < -0.4 is 20.5 Å². The summed E-state index contributed by atoms with van der Waals surface area (Å²) in [6.07, 6.45) is 0. The molecule has 0 bridgehead atoms. The number of hydrogen-bond acceptors (Lipinski definition) is 5. The largest absolute Gasteiger partial charge is 0.497 e. The number of hydrogen-bond donors (Lipinski definition) is 2. The van der Waals surface area contributed by atoms with Crippen molar-refractivity contribution in [2.45, 2.75) is 6.54 Å². The van der Waals surface area contributed by atoms with Gasteiger partial charge in [0.25, 0.3) is 0 Å². The number of nitrogen functional groups attached to an aromatic ring is 1. The van der Waals surface area contributed by atoms with Crippen LogP contribution in [0.4, 0.5) is 11.5 Å². The molecule has 2 aromatic rings. The Bertz CT molecular complexity index is 605. The minimum Gasteiger partial charge on any atom is -0.497 e. The van der Waals surface area contributed by atoms with Crippen LogP contribution in [0.3, 0.4) is 0 Å². The fraction of sp³-hybridized carbons (Fsp3) is 0.214. The molecule has 1 heterocycles. The van der Waals surface area contributed by atoms with E-state index in [1.165, 1.54) is 0 Å². The highest BCUT2D eigenvalue weighted by atomic mass is 35.5. The molecular weight excluding hydrogens is 278 g/mol. The number of nitrogens with two attached hydrogens (primary N) is 1. The number of ether oxygens (including phenoxy) is 2. The molecule has 1 aromatic carbocycles. The fourth-order valence-electron chi connectivity index (χ4n) is 1.76. The molecule has 3 N–H and O–H groups in total. The first-order valence-electron chi connectivity index (χ1n) is 6.01. The van der Waals surface area contributed by atoms with Crippen LogP contribution in [-0.2, 0) is 6.54 Å². The van der Waals surface area contributed by atoms with Gasteiger partial charge in [-0.25, -0.2) is 4.98 Å². The minimum atomic E-state index is 0.392. The van der Waals surface area contributed by atoms with Crippen molar-refractivity contribution in [2.75, 3.05) is 25.3 Å². The first-order chi connectivity index (χ1) is 9.63. The van der Waals surface area contributed by atoms with Crippen molar-refractivity contribution in [1.29, 1.82) is 0 Å². The predicted octanol–water partition coefficient (Wildman–Crippen LogP) is 2.95. The molecule has 2 rings (SSSR count). The lowest BCUT2D eigenvalue weighted by Crippen LogP contribution is -2.06. The molecule has 0 aliphatic rings. The van der Waals surface area contributed by atoms with Crippen LogP contribution in [0.25, 0.3) is 0 Å². The lowest BCUT2D eigenvalue weighted by molar-refractivity contribution is 0.391. The van der Waals surface area contributed by atoms with Gasteiger partial charge in [0.05, 0.1) is 19.9 Å². The van der Waals surface area contributed by atoms with Crippen LogP contribution >= 0.6 is 11.6 Å². The van der Waals surface area contributed by atoms with Gasteiger partial charge in [-0.2, -0.15) is 0 Å². The lowest BCUT2D eigenvalue weighted by atomic mass is 10.2. The molecule has 20 heavy (non-hydrogen) atoms. The maximum absolute atomic E-state index is 5.85. The summed E-state index contributed by atoms with van der Waals surface area (Å²) in [6, 6.07) is 8.98. The second kappa shape index (κ2) is 6.34. The highest BCUT2D eigenvalue weighted by Gasteiger charge is 2.07. The van der Waals surface area contributed by atoms with Crippen molar-refractivity contribution in [2.24, 2.45) is 0 Å². The summed E-state index contributed by atoms with van der Waals surface area (Å²) in [5, 5.41) is 3.53. The number of benzene rings is 1. The number of nitrogens with one attached hydrogen (secondary N) is 1. The Balaban J connectivity index is 2.16. The standard InChI is InChI=1S/C14H16ClN3O2/c1-19-10-4-3-9(12(7-10)20-2)8-17-14-11(16)5-6-13(15)18-14/h3-7H,8,16H2,1-2H3,(H,17,18). The highest BCUT2D eigenvalue weighted by Crippen LogP contribution is 2.26. The van der Waals surface area contributed by atoms with Gasteiger partial charge < -0.3 is 20.5 Å². The van der Waals surface area contributed by atoms with Crippen LogP contribution in [0.15, 0.2) is 30.3 Å². The van der Waals surface area contributed by atoms with E-state index in [0.29, 0.717) is 23.2 Å². The summed E-state index contributed by atoms with van der Waals surface area (Å²) in [4.78, 5) is 4.14. The van der Waals surface area contributed by atoms with Gasteiger partial charge >= 0.3 is 0 Å². The quantitative estimate of drug-likeness (QED) is 0.830. The van der Waals surface area contributed by atoms with Gasteiger partial charge in [-0.15, -0.1) is 0 Å². The third kappa shape index (κ3) is 3.24. The molecule has 5 nitrogen and oxygen atoms in total. The zero-order valence-electron chi connectivity index (χ0n) is 11.3. The van der Waals surface area contributed by atoms with E-state index in [-0.39, 0.29) is 0 Å². The van der Waals surface area contributed by atoms with Crippen molar-refractivity contribution in [1.82, 2.24) is 4.98 Å². The van der Waals surface area contributed by atoms with Gasteiger partial charge in [-0.3, -0.25) is 0 Å². The molecule has 0 saturated heterocycles. The van der Waals surface area contributed by atoms with Crippen molar-refractivity contribution in [3.05, 3.63) is 41.0 Å². The number of pyridine rings is 1. The van der Waals surface area contributed by atoms with Crippen molar-refractivity contribution in [3.8, 4) is 11.5 Å². The smallest absolute Gasteiger partial charge is 0.151 e. The molecule has 0 radical (unpaired) electrons. The van der Waals surface area contributed by atoms with E-state index in [2.05, 4.69) is 10.3 Å². The third-order valence-corrected chi connectivity index (χ3v) is 3.04. The number of halogens is 1. The molecule has 0 atom stereocenters. The molecular formula is C14H16ClN3O2. The van der Waals surface area contributed by atoms with Crippen LogP contribution in [0, 0.1) is 0 Å². The normalized spacial score (nSPS) is 10.2. The first-order valence-corrected chi connectivity index (χ1v) is 6.38. The zero-order valence-corrected chi connectivity index (χ0v) is 12.1. The van der Waals surface area contributed by atoms with E-state index in [4.69, 9.17) is 26.8 Å². The average Bonchev–Trinajstić information content (AvgIpc) is 2.48. The third-order valence-electron chi connectivity index (χ3n) is 2.83. The molecule has 1 aromatic heterocycles. The average molecular weight is 294 g/mol. The van der Waals surface area contributed by atoms with Crippen molar-refractivity contribution < 1.29 is 9.47 Å². The van der Waals surface area contributed by atoms with Gasteiger partial charge in [0.15, 0.2) is 5.82 Å². The minimum absolute atomic E-state index is 0.392. The molecule has 6 heteroatoms. The maximum Gasteiger partial charge on any atom is 0.151 e. The van der Waals surface area contributed by atoms with Gasteiger partial charge in [-0.05, 0) is 24.3 Å². The SMILES string of the molecule is COc1ccc(CNc2nc(Cl)ccc2N)c(OC)c1. The first kappa shape index (κ1) is 14.3. The Labute approximate surface area is 122 Å². The van der Waals surface area contributed by atoms with Crippen LogP contribution in [0.2, 0.25) is 5.15 Å². The Morgan fingerprint density at radius 3 is 2.70 bits per heavy atom. The zero-order chi connectivity index (χ0) is 14.5. The number of anilines is 2. The summed E-state index contributed by atoms with van der Waals surface area (Å²) in [5.74, 6) is 2.03. The second-order valence-corrected chi connectivity index (χ2v) is 4.49. The Morgan fingerprint density at radius 1 is 1.20 bits per heavy atom. The van der Waals surface area contributed by atoms with Gasteiger partial charge in [0.2, 0.25) is 0 Å². The van der Waals surface area contributed by atoms with E-state index < -0.39 is 0 Å². The molecule has 106 valence electrons. The molecule has 0 saturated carbocycles. The maximum atomic E-state index is 5.85. The second-order valence-electron chi connectivity index (χ2n) is 4.10. The van der Waals surface area contributed by atoms with Crippen molar-refractivity contribution in [3.63, 3.8) is 0 Å². The molecule has 0 aliphatic carbocycles. The van der Waals surface area contributed by atoms with Crippen LogP contribution in [0.1, 0.15) is 5.56 Å². The van der Waals surface area contributed by atoms with Gasteiger partial charge in [-0.1, -0.05) is 11.6 Å². The Hall–Kier alpha value is -2.14. The monoisotopic (exact) mass is 293 g/mol. The lowest BCUT2D eigenvalue weighted by Gasteiger charge is -2.12. The van der Waals surface area contributed by atoms with Gasteiger partial charge in [0.1, 0.15) is 16.7 Å². The number of nitrogens with zero attached hydrogens (tertiary/aromatic N) is 1. The fourth-order valence-corrected chi connectivity index (χ4v) is 1.91. The number of aromatic nitrogens is 1. The van der Waals surface area contributed by atoms with E-state index in [9.17, 15) is 0 Å². The summed E-state index contributed by atoms with van der Waals surface area (Å²) in [6.45, 7) is 0.519. The summed E-state index contributed by atoms with van der Waals surface area (Å²) in [5.41, 5.74) is 7.35. The highest BCUT2D eigenvalue weighted by molar-refractivity contribution is 6.29. The predicted molar refractivity (Wildman–Crippen MR) is 80.5 cm³/mol. The van der Waals surface area contributed by atoms with E-state index >= 15 is 0 Å². The summed E-state index contributed by atoms with van der Waals surface area (Å²) < 4.78 is 10.5. The molecule has 0 unspecified atom stereocenters. The Kier molecular flexibility index (Phi) is 4.53. The molecule has 0 fully saturated rings.